The van der Waals surface area contributed by atoms with Crippen LogP contribution in [0.4, 0.5) is 5.69 Å². The fourth-order valence-electron chi connectivity index (χ4n) is 4.05. The Hall–Kier alpha value is -0.920. The second-order valence-corrected chi connectivity index (χ2v) is 10.2. The van der Waals surface area contributed by atoms with Crippen LogP contribution in [-0.2, 0) is 21.5 Å². The Kier molecular flexibility index (Phi) is 5.63. The van der Waals surface area contributed by atoms with Gasteiger partial charge in [-0.05, 0) is 37.1 Å². The quantitative estimate of drug-likeness (QED) is 0.596. The molecule has 0 unspecified atom stereocenters. The highest BCUT2D eigenvalue weighted by Crippen LogP contribution is 2.46. The Bertz CT molecular complexity index is 850. The van der Waals surface area contributed by atoms with Crippen LogP contribution in [0.5, 0.6) is 0 Å². The Morgan fingerprint density at radius 1 is 1.30 bits per heavy atom. The molecule has 0 aliphatic carbocycles. The second kappa shape index (κ2) is 7.84. The lowest BCUT2D eigenvalue weighted by Gasteiger charge is -2.38. The van der Waals surface area contributed by atoms with E-state index in [1.807, 2.05) is 30.2 Å². The number of para-hydroxylation sites is 1. The van der Waals surface area contributed by atoms with Gasteiger partial charge in [0.2, 0.25) is 0 Å². The summed E-state index contributed by atoms with van der Waals surface area (Å²) in [5, 5.41) is 0. The highest BCUT2D eigenvalue weighted by atomic mass is 32.2. The standard InChI is InChI=1S/C21H25NO2S3/c1-14-13-21(23-3,11-12-24-14)17-8-10-19(27-17)26-16-6-4-5-15-7-9-18(25)22(2)20(15)16/h4-6,8,10,14H,7,9,11-13H2,1-3H3/t14-,21+/m0/s1. The van der Waals surface area contributed by atoms with Gasteiger partial charge in [-0.1, -0.05) is 36.1 Å². The van der Waals surface area contributed by atoms with E-state index in [-0.39, 0.29) is 11.7 Å². The molecule has 2 aliphatic rings. The zero-order valence-corrected chi connectivity index (χ0v) is 18.4. The SMILES string of the molecule is CO[C@]1(c2ccc(Sc3cccc4c3N(C)C(=S)CC4)s2)CCO[C@@H](C)C1. The minimum atomic E-state index is -0.213. The van der Waals surface area contributed by atoms with Gasteiger partial charge in [0.25, 0.3) is 0 Å². The van der Waals surface area contributed by atoms with E-state index in [9.17, 15) is 0 Å². The lowest BCUT2D eigenvalue weighted by Crippen LogP contribution is -2.38. The van der Waals surface area contributed by atoms with Crippen LogP contribution in [-0.4, -0.2) is 31.9 Å². The van der Waals surface area contributed by atoms with Gasteiger partial charge in [-0.25, -0.2) is 0 Å². The number of hydrogen-bond donors (Lipinski definition) is 0. The smallest absolute Gasteiger partial charge is 0.107 e. The van der Waals surface area contributed by atoms with Crippen molar-refractivity contribution in [2.75, 3.05) is 25.7 Å². The number of rotatable bonds is 4. The lowest BCUT2D eigenvalue weighted by atomic mass is 9.89. The van der Waals surface area contributed by atoms with Gasteiger partial charge in [0.1, 0.15) is 5.60 Å². The van der Waals surface area contributed by atoms with E-state index in [0.29, 0.717) is 0 Å². The number of ether oxygens (including phenoxy) is 2. The molecule has 3 nitrogen and oxygen atoms in total. The van der Waals surface area contributed by atoms with Crippen molar-refractivity contribution in [2.24, 2.45) is 0 Å². The van der Waals surface area contributed by atoms with E-state index < -0.39 is 0 Å². The summed E-state index contributed by atoms with van der Waals surface area (Å²) in [5.41, 5.74) is 2.45. The van der Waals surface area contributed by atoms with Gasteiger partial charge in [-0.2, -0.15) is 0 Å². The summed E-state index contributed by atoms with van der Waals surface area (Å²) in [7, 11) is 3.92. The van der Waals surface area contributed by atoms with Gasteiger partial charge in [0.05, 0.1) is 27.6 Å². The summed E-state index contributed by atoms with van der Waals surface area (Å²) in [4.78, 5) is 5.78. The molecule has 1 aromatic heterocycles. The van der Waals surface area contributed by atoms with Crippen LogP contribution in [0.25, 0.3) is 0 Å². The number of benzene rings is 1. The second-order valence-electron chi connectivity index (χ2n) is 7.27. The summed E-state index contributed by atoms with van der Waals surface area (Å²) < 4.78 is 13.1. The summed E-state index contributed by atoms with van der Waals surface area (Å²) >= 11 is 9.23. The zero-order chi connectivity index (χ0) is 19.0. The first-order chi connectivity index (χ1) is 13.0. The molecule has 0 bridgehead atoms. The minimum absolute atomic E-state index is 0.213. The molecule has 1 aromatic carbocycles. The molecule has 27 heavy (non-hydrogen) atoms. The maximum atomic E-state index is 6.02. The van der Waals surface area contributed by atoms with Crippen molar-refractivity contribution in [3.05, 3.63) is 40.8 Å². The molecule has 3 heterocycles. The maximum Gasteiger partial charge on any atom is 0.107 e. The van der Waals surface area contributed by atoms with Gasteiger partial charge >= 0.3 is 0 Å². The predicted molar refractivity (Wildman–Crippen MR) is 118 cm³/mol. The van der Waals surface area contributed by atoms with Crippen molar-refractivity contribution in [1.29, 1.82) is 0 Å². The van der Waals surface area contributed by atoms with Crippen molar-refractivity contribution in [1.82, 2.24) is 0 Å². The number of fused-ring (bicyclic) bond motifs is 1. The van der Waals surface area contributed by atoms with E-state index >= 15 is 0 Å². The number of thiocarbonyl (C=S) groups is 1. The fourth-order valence-corrected chi connectivity index (χ4v) is 6.76. The highest BCUT2D eigenvalue weighted by Gasteiger charge is 2.38. The van der Waals surface area contributed by atoms with Gasteiger partial charge in [0, 0.05) is 43.2 Å². The van der Waals surface area contributed by atoms with Crippen LogP contribution in [0, 0.1) is 0 Å². The Balaban J connectivity index is 1.62. The molecule has 0 radical (unpaired) electrons. The third kappa shape index (κ3) is 3.70. The first kappa shape index (κ1) is 19.4. The molecule has 0 spiro atoms. The number of hydrogen-bond acceptors (Lipinski definition) is 5. The lowest BCUT2D eigenvalue weighted by molar-refractivity contribution is -0.120. The van der Waals surface area contributed by atoms with Gasteiger partial charge in [-0.15, -0.1) is 11.3 Å². The van der Waals surface area contributed by atoms with E-state index in [2.05, 4.69) is 49.2 Å². The van der Waals surface area contributed by atoms with Crippen LogP contribution in [0.2, 0.25) is 0 Å². The fraction of sp³-hybridized carbons (Fsp3) is 0.476. The number of aryl methyl sites for hydroxylation is 1. The molecule has 1 saturated heterocycles. The first-order valence-electron chi connectivity index (χ1n) is 9.36. The van der Waals surface area contributed by atoms with Crippen molar-refractivity contribution >= 4 is 46.0 Å². The molecule has 144 valence electrons. The number of anilines is 1. The van der Waals surface area contributed by atoms with E-state index in [1.165, 1.54) is 25.2 Å². The average molecular weight is 420 g/mol. The van der Waals surface area contributed by atoms with Crippen molar-refractivity contribution in [2.45, 2.75) is 53.4 Å². The monoisotopic (exact) mass is 419 g/mol. The summed E-state index contributed by atoms with van der Waals surface area (Å²) in [5.74, 6) is 0. The topological polar surface area (TPSA) is 21.7 Å². The van der Waals surface area contributed by atoms with Gasteiger partial charge < -0.3 is 14.4 Å². The number of thiophene rings is 1. The van der Waals surface area contributed by atoms with Crippen LogP contribution in [0.15, 0.2) is 39.4 Å². The molecule has 2 aromatic rings. The molecule has 2 atom stereocenters. The number of nitrogens with zero attached hydrogens (tertiary/aromatic N) is 1. The minimum Gasteiger partial charge on any atom is -0.378 e. The van der Waals surface area contributed by atoms with Crippen LogP contribution >= 0.6 is 35.3 Å². The van der Waals surface area contributed by atoms with Crippen molar-refractivity contribution < 1.29 is 9.47 Å². The van der Waals surface area contributed by atoms with Crippen molar-refractivity contribution in [3.63, 3.8) is 0 Å². The Morgan fingerprint density at radius 3 is 2.93 bits per heavy atom. The van der Waals surface area contributed by atoms with Crippen LogP contribution in [0.3, 0.4) is 0 Å². The van der Waals surface area contributed by atoms with Crippen LogP contribution < -0.4 is 4.90 Å². The summed E-state index contributed by atoms with van der Waals surface area (Å²) in [6, 6.07) is 11.1. The molecule has 1 fully saturated rings. The van der Waals surface area contributed by atoms with E-state index in [0.717, 1.165) is 37.3 Å². The summed E-state index contributed by atoms with van der Waals surface area (Å²) in [6.07, 6.45) is 4.05. The van der Waals surface area contributed by atoms with E-state index in [4.69, 9.17) is 21.7 Å². The predicted octanol–water partition coefficient (Wildman–Crippen LogP) is 5.65. The van der Waals surface area contributed by atoms with Crippen LogP contribution in [0.1, 0.15) is 36.6 Å². The molecule has 0 saturated carbocycles. The molecule has 4 rings (SSSR count). The highest BCUT2D eigenvalue weighted by molar-refractivity contribution is 8.01. The average Bonchev–Trinajstić information content (AvgIpc) is 3.14. The molecule has 0 amide bonds. The maximum absolute atomic E-state index is 6.02. The molecule has 6 heteroatoms. The van der Waals surface area contributed by atoms with Crippen molar-refractivity contribution in [3.8, 4) is 0 Å². The Morgan fingerprint density at radius 2 is 2.15 bits per heavy atom. The molecule has 2 aliphatic heterocycles. The van der Waals surface area contributed by atoms with Gasteiger partial charge in [-0.3, -0.25) is 0 Å². The number of methoxy groups -OCH3 is 1. The zero-order valence-electron chi connectivity index (χ0n) is 16.0. The molecular formula is C21H25NO2S3. The van der Waals surface area contributed by atoms with Gasteiger partial charge in [0.15, 0.2) is 0 Å². The molecular weight excluding hydrogens is 394 g/mol. The summed E-state index contributed by atoms with van der Waals surface area (Å²) in [6.45, 7) is 2.88. The first-order valence-corrected chi connectivity index (χ1v) is 11.4. The third-order valence-electron chi connectivity index (χ3n) is 5.56. The van der Waals surface area contributed by atoms with E-state index in [1.54, 1.807) is 0 Å². The normalized spacial score (nSPS) is 25.5. The molecule has 0 N–H and O–H groups in total. The Labute approximate surface area is 175 Å². The third-order valence-corrected chi connectivity index (χ3v) is 8.49. The largest absolute Gasteiger partial charge is 0.378 e.